The topological polar surface area (TPSA) is 116 Å². The Balaban J connectivity index is 1.60. The van der Waals surface area contributed by atoms with Crippen LogP contribution < -0.4 is 16.4 Å². The van der Waals surface area contributed by atoms with E-state index >= 15 is 0 Å². The first-order valence-electron chi connectivity index (χ1n) is 10.1. The van der Waals surface area contributed by atoms with Gasteiger partial charge in [0.15, 0.2) is 6.29 Å². The van der Waals surface area contributed by atoms with Crippen LogP contribution >= 0.6 is 0 Å². The summed E-state index contributed by atoms with van der Waals surface area (Å²) < 4.78 is 11.0. The van der Waals surface area contributed by atoms with Crippen LogP contribution in [0.25, 0.3) is 0 Å². The van der Waals surface area contributed by atoms with Gasteiger partial charge >= 0.3 is 0 Å². The van der Waals surface area contributed by atoms with E-state index in [1.165, 1.54) is 13.1 Å². The minimum Gasteiger partial charge on any atom is -0.354 e. The summed E-state index contributed by atoms with van der Waals surface area (Å²) >= 11 is 0. The molecular formula is C22H28N4O4. The Morgan fingerprint density at radius 3 is 2.57 bits per heavy atom. The van der Waals surface area contributed by atoms with E-state index in [0.29, 0.717) is 50.3 Å². The second-order valence-electron chi connectivity index (χ2n) is 7.23. The zero-order chi connectivity index (χ0) is 21.3. The van der Waals surface area contributed by atoms with Crippen molar-refractivity contribution in [1.82, 2.24) is 15.6 Å². The number of pyridine rings is 1. The van der Waals surface area contributed by atoms with Gasteiger partial charge in [-0.15, -0.1) is 0 Å². The van der Waals surface area contributed by atoms with Crippen molar-refractivity contribution in [3.8, 4) is 0 Å². The maximum Gasteiger partial charge on any atom is 0.269 e. The van der Waals surface area contributed by atoms with Gasteiger partial charge in [-0.2, -0.15) is 0 Å². The van der Waals surface area contributed by atoms with E-state index in [2.05, 4.69) is 15.6 Å². The molecule has 1 aromatic carbocycles. The van der Waals surface area contributed by atoms with E-state index in [1.54, 1.807) is 6.07 Å². The fraction of sp³-hybridized carbons (Fsp3) is 0.409. The lowest BCUT2D eigenvalue weighted by atomic mass is 10.1. The van der Waals surface area contributed by atoms with Crippen LogP contribution in [0.3, 0.4) is 0 Å². The molecule has 1 fully saturated rings. The van der Waals surface area contributed by atoms with Crippen LogP contribution in [0.5, 0.6) is 0 Å². The van der Waals surface area contributed by atoms with Crippen molar-refractivity contribution >= 4 is 11.8 Å². The molecule has 1 aromatic heterocycles. The van der Waals surface area contributed by atoms with Crippen LogP contribution in [0.15, 0.2) is 42.5 Å². The highest BCUT2D eigenvalue weighted by atomic mass is 16.7. The molecule has 2 aromatic rings. The minimum absolute atomic E-state index is 0.0766. The van der Waals surface area contributed by atoms with Gasteiger partial charge in [-0.1, -0.05) is 30.3 Å². The Morgan fingerprint density at radius 2 is 1.87 bits per heavy atom. The normalized spacial score (nSPS) is 18.6. The maximum absolute atomic E-state index is 12.7. The van der Waals surface area contributed by atoms with Crippen molar-refractivity contribution in [2.75, 3.05) is 26.8 Å². The second-order valence-corrected chi connectivity index (χ2v) is 7.23. The van der Waals surface area contributed by atoms with Gasteiger partial charge in [-0.25, -0.2) is 4.98 Å². The molecule has 0 bridgehead atoms. The third-order valence-electron chi connectivity index (χ3n) is 4.72. The molecule has 8 nitrogen and oxygen atoms in total. The lowest BCUT2D eigenvalue weighted by molar-refractivity contribution is -0.188. The molecule has 2 amide bonds. The summed E-state index contributed by atoms with van der Waals surface area (Å²) in [5.74, 6) is -0.576. The van der Waals surface area contributed by atoms with Crippen molar-refractivity contribution < 1.29 is 19.1 Å². The zero-order valence-electron chi connectivity index (χ0n) is 17.1. The third-order valence-corrected chi connectivity index (χ3v) is 4.72. The van der Waals surface area contributed by atoms with Crippen LogP contribution in [0.2, 0.25) is 0 Å². The molecule has 1 saturated heterocycles. The van der Waals surface area contributed by atoms with Gasteiger partial charge in [0, 0.05) is 37.7 Å². The summed E-state index contributed by atoms with van der Waals surface area (Å²) in [5, 5.41) is 5.45. The molecule has 0 atom stereocenters. The maximum atomic E-state index is 12.7. The Morgan fingerprint density at radius 1 is 1.13 bits per heavy atom. The molecule has 2 heterocycles. The van der Waals surface area contributed by atoms with Gasteiger partial charge in [-0.3, -0.25) is 9.59 Å². The Kier molecular flexibility index (Phi) is 7.89. The lowest BCUT2D eigenvalue weighted by Crippen LogP contribution is -2.41. The van der Waals surface area contributed by atoms with E-state index in [0.717, 1.165) is 5.56 Å². The van der Waals surface area contributed by atoms with Crippen molar-refractivity contribution in [1.29, 1.82) is 0 Å². The van der Waals surface area contributed by atoms with Gasteiger partial charge < -0.3 is 25.8 Å². The van der Waals surface area contributed by atoms with Crippen molar-refractivity contribution in [2.45, 2.75) is 31.6 Å². The minimum atomic E-state index is -0.330. The van der Waals surface area contributed by atoms with Crippen LogP contribution in [0, 0.1) is 0 Å². The number of nitrogens with one attached hydrogen (secondary N) is 2. The van der Waals surface area contributed by atoms with E-state index in [1.807, 2.05) is 30.3 Å². The molecular weight excluding hydrogens is 384 g/mol. The van der Waals surface area contributed by atoms with Crippen LogP contribution in [0.1, 0.15) is 44.9 Å². The summed E-state index contributed by atoms with van der Waals surface area (Å²) in [7, 11) is 1.54. The molecule has 1 aliphatic rings. The number of rotatable bonds is 8. The van der Waals surface area contributed by atoms with Gasteiger partial charge in [-0.05, 0) is 24.1 Å². The molecule has 0 aliphatic carbocycles. The van der Waals surface area contributed by atoms with E-state index in [-0.39, 0.29) is 29.8 Å². The van der Waals surface area contributed by atoms with Gasteiger partial charge in [0.25, 0.3) is 11.8 Å². The fourth-order valence-electron chi connectivity index (χ4n) is 3.16. The number of nitrogens with two attached hydrogens (primary N) is 1. The largest absolute Gasteiger partial charge is 0.354 e. The van der Waals surface area contributed by atoms with Crippen molar-refractivity contribution in [3.05, 3.63) is 65.0 Å². The number of benzene rings is 1. The number of nitrogens with zero attached hydrogens (tertiary/aromatic N) is 1. The molecule has 4 N–H and O–H groups in total. The van der Waals surface area contributed by atoms with Gasteiger partial charge in [0.2, 0.25) is 0 Å². The summed E-state index contributed by atoms with van der Waals surface area (Å²) in [4.78, 5) is 29.2. The predicted molar refractivity (Wildman–Crippen MR) is 112 cm³/mol. The molecule has 1 aliphatic heterocycles. The molecule has 30 heavy (non-hydrogen) atoms. The first-order valence-corrected chi connectivity index (χ1v) is 10.1. The molecule has 160 valence electrons. The summed E-state index contributed by atoms with van der Waals surface area (Å²) in [6, 6.07) is 13.0. The molecule has 0 saturated carbocycles. The highest BCUT2D eigenvalue weighted by Gasteiger charge is 2.19. The molecule has 0 radical (unpaired) electrons. The number of ether oxygens (including phenoxy) is 2. The monoisotopic (exact) mass is 412 g/mol. The SMILES string of the molecule is CNC(=O)c1cc(C(=O)NCCC[C@H]2OC[C@H](N)CO2)cc(Cc2ccccc2)n1. The zero-order valence-corrected chi connectivity index (χ0v) is 17.1. The second kappa shape index (κ2) is 10.8. The first-order chi connectivity index (χ1) is 14.5. The number of aromatic nitrogens is 1. The van der Waals surface area contributed by atoms with E-state index in [9.17, 15) is 9.59 Å². The van der Waals surface area contributed by atoms with E-state index in [4.69, 9.17) is 15.2 Å². The van der Waals surface area contributed by atoms with Crippen LogP contribution in [0.4, 0.5) is 0 Å². The Bertz CT molecular complexity index is 851. The van der Waals surface area contributed by atoms with Gasteiger partial charge in [0.1, 0.15) is 5.69 Å². The average molecular weight is 412 g/mol. The molecule has 0 spiro atoms. The predicted octanol–water partition coefficient (Wildman–Crippen LogP) is 1.24. The lowest BCUT2D eigenvalue weighted by Gasteiger charge is -2.27. The number of hydrogen-bond acceptors (Lipinski definition) is 6. The Hall–Kier alpha value is -2.81. The number of hydrogen-bond donors (Lipinski definition) is 3. The highest BCUT2D eigenvalue weighted by molar-refractivity contribution is 5.98. The van der Waals surface area contributed by atoms with Crippen molar-refractivity contribution in [3.63, 3.8) is 0 Å². The summed E-state index contributed by atoms with van der Waals surface area (Å²) in [5.41, 5.74) is 8.06. The van der Waals surface area contributed by atoms with Gasteiger partial charge in [0.05, 0.1) is 19.3 Å². The summed E-state index contributed by atoms with van der Waals surface area (Å²) in [6.07, 6.45) is 1.63. The molecule has 8 heteroatoms. The summed E-state index contributed by atoms with van der Waals surface area (Å²) in [6.45, 7) is 1.45. The van der Waals surface area contributed by atoms with Crippen LogP contribution in [-0.2, 0) is 15.9 Å². The average Bonchev–Trinajstić information content (AvgIpc) is 2.77. The Labute approximate surface area is 176 Å². The standard InChI is InChI=1S/C22H28N4O4/c1-24-22(28)19-12-16(11-18(26-19)10-15-6-3-2-4-7-15)21(27)25-9-5-8-20-29-13-17(23)14-30-20/h2-4,6-7,11-12,17,20H,5,8-10,13-14,23H2,1H3,(H,24,28)(H,25,27)/t17-,20-. The smallest absolute Gasteiger partial charge is 0.269 e. The third kappa shape index (κ3) is 6.35. The van der Waals surface area contributed by atoms with Crippen LogP contribution in [-0.4, -0.2) is 55.9 Å². The van der Waals surface area contributed by atoms with E-state index < -0.39 is 0 Å². The quantitative estimate of drug-likeness (QED) is 0.562. The van der Waals surface area contributed by atoms with Crippen molar-refractivity contribution in [2.24, 2.45) is 5.73 Å². The fourth-order valence-corrected chi connectivity index (χ4v) is 3.16. The highest BCUT2D eigenvalue weighted by Crippen LogP contribution is 2.13. The number of carbonyl (C=O) groups is 2. The molecule has 3 rings (SSSR count). The number of amides is 2. The number of carbonyl (C=O) groups excluding carboxylic acids is 2. The first kappa shape index (κ1) is 21.9. The molecule has 0 unspecified atom stereocenters.